The van der Waals surface area contributed by atoms with E-state index in [1.165, 1.54) is 32.4 Å². The van der Waals surface area contributed by atoms with Gasteiger partial charge >= 0.3 is 12.1 Å². The van der Waals surface area contributed by atoms with Crippen LogP contribution < -0.4 is 5.32 Å². The predicted octanol–water partition coefficient (Wildman–Crippen LogP) is 2.55. The SMILES string of the molecule is COC(=O)c1cc(NC(=O)C2C[C@H](C)[C@](C)(C(F)(F)F)O2)ccn1. The molecule has 1 amide bonds. The molecule has 1 aromatic heterocycles. The molecular weight excluding hydrogens is 329 g/mol. The van der Waals surface area contributed by atoms with Crippen LogP contribution in [0.3, 0.4) is 0 Å². The zero-order valence-electron chi connectivity index (χ0n) is 13.3. The molecule has 3 atom stereocenters. The van der Waals surface area contributed by atoms with E-state index in [1.807, 2.05) is 0 Å². The molecule has 1 saturated heterocycles. The number of ether oxygens (including phenoxy) is 2. The van der Waals surface area contributed by atoms with Crippen LogP contribution in [0.15, 0.2) is 18.3 Å². The molecule has 0 spiro atoms. The number of carbonyl (C=O) groups excluding carboxylic acids is 2. The van der Waals surface area contributed by atoms with Gasteiger partial charge in [0, 0.05) is 11.9 Å². The highest BCUT2D eigenvalue weighted by Crippen LogP contribution is 2.46. The van der Waals surface area contributed by atoms with Gasteiger partial charge in [-0.05, 0) is 31.4 Å². The lowest BCUT2D eigenvalue weighted by molar-refractivity contribution is -0.272. The number of alkyl halides is 3. The summed E-state index contributed by atoms with van der Waals surface area (Å²) < 4.78 is 48.9. The van der Waals surface area contributed by atoms with Crippen LogP contribution in [-0.4, -0.2) is 41.9 Å². The van der Waals surface area contributed by atoms with Gasteiger partial charge in [-0.3, -0.25) is 4.79 Å². The van der Waals surface area contributed by atoms with Gasteiger partial charge in [-0.1, -0.05) is 6.92 Å². The maximum Gasteiger partial charge on any atom is 0.417 e. The van der Waals surface area contributed by atoms with Crippen molar-refractivity contribution in [2.45, 2.75) is 38.1 Å². The van der Waals surface area contributed by atoms with E-state index in [4.69, 9.17) is 4.74 Å². The Morgan fingerprint density at radius 3 is 2.67 bits per heavy atom. The standard InChI is InChI=1S/C15H17F3N2O4/c1-8-6-11(24-14(8,2)15(16,17)18)12(21)20-9-4-5-19-10(7-9)13(22)23-3/h4-5,7-8,11H,6H2,1-3H3,(H,19,20,21)/t8-,11?,14+/m0/s1. The highest BCUT2D eigenvalue weighted by atomic mass is 19.4. The van der Waals surface area contributed by atoms with Gasteiger partial charge in [0.05, 0.1) is 7.11 Å². The highest BCUT2D eigenvalue weighted by molar-refractivity contribution is 5.96. The minimum absolute atomic E-state index is 0.0314. The Hall–Kier alpha value is -2.16. The van der Waals surface area contributed by atoms with E-state index >= 15 is 0 Å². The Kier molecular flexibility index (Phi) is 4.84. The molecule has 1 N–H and O–H groups in total. The summed E-state index contributed by atoms with van der Waals surface area (Å²) in [6.45, 7) is 2.33. The third kappa shape index (κ3) is 3.35. The summed E-state index contributed by atoms with van der Waals surface area (Å²) in [6.07, 6.45) is -4.59. The monoisotopic (exact) mass is 346 g/mol. The molecule has 132 valence electrons. The smallest absolute Gasteiger partial charge is 0.417 e. The lowest BCUT2D eigenvalue weighted by atomic mass is 9.89. The van der Waals surface area contributed by atoms with Crippen molar-refractivity contribution in [3.8, 4) is 0 Å². The van der Waals surface area contributed by atoms with E-state index in [0.29, 0.717) is 0 Å². The Morgan fingerprint density at radius 2 is 2.12 bits per heavy atom. The minimum Gasteiger partial charge on any atom is -0.464 e. The van der Waals surface area contributed by atoms with E-state index < -0.39 is 35.7 Å². The molecule has 24 heavy (non-hydrogen) atoms. The zero-order valence-corrected chi connectivity index (χ0v) is 13.3. The number of nitrogens with one attached hydrogen (secondary N) is 1. The van der Waals surface area contributed by atoms with Crippen LogP contribution in [-0.2, 0) is 14.3 Å². The fourth-order valence-electron chi connectivity index (χ4n) is 2.46. The first-order valence-electron chi connectivity index (χ1n) is 7.18. The van der Waals surface area contributed by atoms with Crippen molar-refractivity contribution in [1.82, 2.24) is 4.98 Å². The van der Waals surface area contributed by atoms with Crippen molar-refractivity contribution in [3.05, 3.63) is 24.0 Å². The summed E-state index contributed by atoms with van der Waals surface area (Å²) in [5, 5.41) is 2.43. The van der Waals surface area contributed by atoms with E-state index in [-0.39, 0.29) is 17.8 Å². The third-order valence-electron chi connectivity index (χ3n) is 4.17. The summed E-state index contributed by atoms with van der Waals surface area (Å²) >= 11 is 0. The van der Waals surface area contributed by atoms with Crippen molar-refractivity contribution in [3.63, 3.8) is 0 Å². The van der Waals surface area contributed by atoms with Crippen LogP contribution in [0.4, 0.5) is 18.9 Å². The van der Waals surface area contributed by atoms with Crippen molar-refractivity contribution in [1.29, 1.82) is 0 Å². The first-order chi connectivity index (χ1) is 11.1. The average molecular weight is 346 g/mol. The molecule has 1 aliphatic heterocycles. The Labute approximate surface area is 136 Å². The average Bonchev–Trinajstić information content (AvgIpc) is 2.83. The quantitative estimate of drug-likeness (QED) is 0.851. The van der Waals surface area contributed by atoms with Crippen molar-refractivity contribution in [2.75, 3.05) is 12.4 Å². The van der Waals surface area contributed by atoms with E-state index in [2.05, 4.69) is 15.0 Å². The highest BCUT2D eigenvalue weighted by Gasteiger charge is 2.61. The Balaban J connectivity index is 2.10. The number of methoxy groups -OCH3 is 1. The van der Waals surface area contributed by atoms with Crippen molar-refractivity contribution >= 4 is 17.6 Å². The molecule has 0 saturated carbocycles. The number of aromatic nitrogens is 1. The molecule has 0 radical (unpaired) electrons. The van der Waals surface area contributed by atoms with Gasteiger partial charge < -0.3 is 14.8 Å². The van der Waals surface area contributed by atoms with Gasteiger partial charge in [-0.15, -0.1) is 0 Å². The molecule has 6 nitrogen and oxygen atoms in total. The van der Waals surface area contributed by atoms with Crippen LogP contribution in [0.2, 0.25) is 0 Å². The Bertz CT molecular complexity index is 650. The van der Waals surface area contributed by atoms with E-state index in [9.17, 15) is 22.8 Å². The molecule has 2 heterocycles. The molecule has 1 fully saturated rings. The number of hydrogen-bond donors (Lipinski definition) is 1. The first kappa shape index (κ1) is 18.2. The summed E-state index contributed by atoms with van der Waals surface area (Å²) in [7, 11) is 1.18. The lowest BCUT2D eigenvalue weighted by Crippen LogP contribution is -2.47. The van der Waals surface area contributed by atoms with Gasteiger partial charge in [-0.2, -0.15) is 13.2 Å². The maximum atomic E-state index is 13.1. The number of pyridine rings is 1. The molecule has 0 aromatic carbocycles. The molecule has 1 aliphatic rings. The number of hydrogen-bond acceptors (Lipinski definition) is 5. The number of amides is 1. The van der Waals surface area contributed by atoms with Crippen molar-refractivity contribution < 1.29 is 32.2 Å². The lowest BCUT2D eigenvalue weighted by Gasteiger charge is -2.30. The molecule has 0 aliphatic carbocycles. The second-order valence-corrected chi connectivity index (χ2v) is 5.76. The van der Waals surface area contributed by atoms with Crippen molar-refractivity contribution in [2.24, 2.45) is 5.92 Å². The normalized spacial score (nSPS) is 26.9. The second-order valence-electron chi connectivity index (χ2n) is 5.76. The number of anilines is 1. The van der Waals surface area contributed by atoms with E-state index in [1.54, 1.807) is 0 Å². The molecule has 0 bridgehead atoms. The van der Waals surface area contributed by atoms with Gasteiger partial charge in [0.25, 0.3) is 5.91 Å². The third-order valence-corrected chi connectivity index (χ3v) is 4.17. The first-order valence-corrected chi connectivity index (χ1v) is 7.18. The van der Waals surface area contributed by atoms with Crippen LogP contribution in [0, 0.1) is 5.92 Å². The van der Waals surface area contributed by atoms with Crippen LogP contribution >= 0.6 is 0 Å². The maximum absolute atomic E-state index is 13.1. The molecular formula is C15H17F3N2O4. The number of nitrogens with zero attached hydrogens (tertiary/aromatic N) is 1. The Morgan fingerprint density at radius 1 is 1.46 bits per heavy atom. The molecule has 2 rings (SSSR count). The van der Waals surface area contributed by atoms with E-state index in [0.717, 1.165) is 6.92 Å². The summed E-state index contributed by atoms with van der Waals surface area (Å²) in [4.78, 5) is 27.4. The summed E-state index contributed by atoms with van der Waals surface area (Å²) in [6, 6.07) is 2.68. The molecule has 9 heteroatoms. The van der Waals surface area contributed by atoms with Gasteiger partial charge in [0.2, 0.25) is 0 Å². The van der Waals surface area contributed by atoms with Crippen LogP contribution in [0.5, 0.6) is 0 Å². The van der Waals surface area contributed by atoms with Crippen LogP contribution in [0.1, 0.15) is 30.8 Å². The number of halogens is 3. The number of carbonyl (C=O) groups is 2. The fourth-order valence-corrected chi connectivity index (χ4v) is 2.46. The summed E-state index contributed by atoms with van der Waals surface area (Å²) in [5.41, 5.74) is -2.19. The second kappa shape index (κ2) is 6.39. The summed E-state index contributed by atoms with van der Waals surface area (Å²) in [5.74, 6) is -2.27. The van der Waals surface area contributed by atoms with Gasteiger partial charge in [0.15, 0.2) is 5.60 Å². The predicted molar refractivity (Wildman–Crippen MR) is 77.3 cm³/mol. The topological polar surface area (TPSA) is 77.5 Å². The zero-order chi connectivity index (χ0) is 18.1. The fraction of sp³-hybridized carbons (Fsp3) is 0.533. The number of esters is 1. The molecule has 1 aromatic rings. The molecule has 1 unspecified atom stereocenters. The van der Waals surface area contributed by atoms with Crippen LogP contribution in [0.25, 0.3) is 0 Å². The van der Waals surface area contributed by atoms with Gasteiger partial charge in [0.1, 0.15) is 11.8 Å². The minimum atomic E-state index is -4.57. The van der Waals surface area contributed by atoms with Gasteiger partial charge in [-0.25, -0.2) is 9.78 Å². The largest absolute Gasteiger partial charge is 0.464 e. The number of rotatable bonds is 3.